The number of hydrogen-bond acceptors (Lipinski definition) is 4. The second-order valence-electron chi connectivity index (χ2n) is 4.11. The van der Waals surface area contributed by atoms with Gasteiger partial charge in [0.05, 0.1) is 18.9 Å². The van der Waals surface area contributed by atoms with Gasteiger partial charge in [0.25, 0.3) is 5.91 Å². The molecule has 0 aromatic carbocycles. The summed E-state index contributed by atoms with van der Waals surface area (Å²) in [7, 11) is 1.24. The molecule has 1 rings (SSSR count). The van der Waals surface area contributed by atoms with E-state index in [-0.39, 0.29) is 11.5 Å². The van der Waals surface area contributed by atoms with Crippen molar-refractivity contribution in [3.8, 4) is 0 Å². The highest BCUT2D eigenvalue weighted by Gasteiger charge is 2.25. The Balaban J connectivity index is 2.82. The topological polar surface area (TPSA) is 68.3 Å². The van der Waals surface area contributed by atoms with Crippen LogP contribution in [0, 0.1) is 11.7 Å². The molecule has 1 amide bonds. The third-order valence-corrected chi connectivity index (χ3v) is 2.38. The molecule has 98 valence electrons. The normalized spacial score (nSPS) is 12.1. The number of aromatic nitrogens is 1. The van der Waals surface area contributed by atoms with Gasteiger partial charge in [-0.2, -0.15) is 0 Å². The van der Waals surface area contributed by atoms with Crippen LogP contribution in [-0.4, -0.2) is 30.0 Å². The lowest BCUT2D eigenvalue weighted by Gasteiger charge is -2.19. The van der Waals surface area contributed by atoms with E-state index >= 15 is 0 Å². The average molecular weight is 254 g/mol. The van der Waals surface area contributed by atoms with Crippen LogP contribution in [0.3, 0.4) is 0 Å². The summed E-state index contributed by atoms with van der Waals surface area (Å²) in [6, 6.07) is 0.280. The molecular weight excluding hydrogens is 239 g/mol. The Morgan fingerprint density at radius 2 is 2.06 bits per heavy atom. The molecule has 0 fully saturated rings. The lowest BCUT2D eigenvalue weighted by molar-refractivity contribution is -0.144. The van der Waals surface area contributed by atoms with E-state index in [1.54, 1.807) is 13.8 Å². The van der Waals surface area contributed by atoms with Crippen molar-refractivity contribution in [3.05, 3.63) is 29.8 Å². The molecule has 1 heterocycles. The zero-order valence-corrected chi connectivity index (χ0v) is 10.4. The first-order valence-corrected chi connectivity index (χ1v) is 5.45. The Morgan fingerprint density at radius 1 is 1.39 bits per heavy atom. The molecular formula is C12H15FN2O3. The van der Waals surface area contributed by atoms with Crippen LogP contribution in [0.2, 0.25) is 0 Å². The van der Waals surface area contributed by atoms with Crippen LogP contribution in [-0.2, 0) is 9.53 Å². The van der Waals surface area contributed by atoms with E-state index in [0.717, 1.165) is 12.3 Å². The van der Waals surface area contributed by atoms with Crippen LogP contribution in [0.4, 0.5) is 4.39 Å². The number of pyridine rings is 1. The maximum atomic E-state index is 12.9. The van der Waals surface area contributed by atoms with Crippen molar-refractivity contribution in [3.63, 3.8) is 0 Å². The van der Waals surface area contributed by atoms with Gasteiger partial charge in [0.15, 0.2) is 0 Å². The van der Waals surface area contributed by atoms with Crippen molar-refractivity contribution in [2.45, 2.75) is 19.9 Å². The Labute approximate surface area is 104 Å². The zero-order chi connectivity index (χ0) is 13.7. The predicted octanol–water partition coefficient (Wildman–Crippen LogP) is 1.15. The van der Waals surface area contributed by atoms with E-state index in [1.165, 1.54) is 13.3 Å². The fraction of sp³-hybridized carbons (Fsp3) is 0.417. The van der Waals surface area contributed by atoms with Crippen molar-refractivity contribution in [1.29, 1.82) is 0 Å². The summed E-state index contributed by atoms with van der Waals surface area (Å²) in [5, 5.41) is 2.49. The Bertz CT molecular complexity index is 449. The number of amides is 1. The maximum absolute atomic E-state index is 12.9. The van der Waals surface area contributed by atoms with Gasteiger partial charge in [0, 0.05) is 6.20 Å². The first-order chi connectivity index (χ1) is 8.45. The van der Waals surface area contributed by atoms with Gasteiger partial charge in [-0.05, 0) is 12.0 Å². The number of hydrogen-bond donors (Lipinski definition) is 1. The smallest absolute Gasteiger partial charge is 0.328 e. The number of esters is 1. The minimum Gasteiger partial charge on any atom is -0.467 e. The number of nitrogens with one attached hydrogen (secondary N) is 1. The molecule has 5 nitrogen and oxygen atoms in total. The quantitative estimate of drug-likeness (QED) is 0.818. The summed E-state index contributed by atoms with van der Waals surface area (Å²) in [5.41, 5.74) is 0.0598. The van der Waals surface area contributed by atoms with Gasteiger partial charge in [-0.3, -0.25) is 9.78 Å². The molecule has 0 spiro atoms. The monoisotopic (exact) mass is 254 g/mol. The second kappa shape index (κ2) is 6.09. The summed E-state index contributed by atoms with van der Waals surface area (Å²) in [4.78, 5) is 26.8. The largest absolute Gasteiger partial charge is 0.467 e. The SMILES string of the molecule is COC(=O)C(NC(=O)c1cncc(F)c1)C(C)C. The molecule has 0 aliphatic carbocycles. The number of nitrogens with zero attached hydrogens (tertiary/aromatic N) is 1. The number of carbonyl (C=O) groups excluding carboxylic acids is 2. The van der Waals surface area contributed by atoms with Crippen LogP contribution in [0.25, 0.3) is 0 Å². The molecule has 1 aromatic rings. The molecule has 6 heteroatoms. The third kappa shape index (κ3) is 3.51. The highest BCUT2D eigenvalue weighted by atomic mass is 19.1. The molecule has 0 aliphatic rings. The fourth-order valence-corrected chi connectivity index (χ4v) is 1.39. The third-order valence-electron chi connectivity index (χ3n) is 2.38. The van der Waals surface area contributed by atoms with Gasteiger partial charge < -0.3 is 10.1 Å². The van der Waals surface area contributed by atoms with Crippen molar-refractivity contribution in [2.24, 2.45) is 5.92 Å². The van der Waals surface area contributed by atoms with Crippen LogP contribution in [0.1, 0.15) is 24.2 Å². The molecule has 0 saturated heterocycles. The lowest BCUT2D eigenvalue weighted by Crippen LogP contribution is -2.45. The molecule has 0 aliphatic heterocycles. The molecule has 1 N–H and O–H groups in total. The Morgan fingerprint density at radius 3 is 2.56 bits per heavy atom. The minimum absolute atomic E-state index is 0.0598. The first-order valence-electron chi connectivity index (χ1n) is 5.45. The van der Waals surface area contributed by atoms with E-state index in [9.17, 15) is 14.0 Å². The van der Waals surface area contributed by atoms with Crippen molar-refractivity contribution < 1.29 is 18.7 Å². The Kier molecular flexibility index (Phi) is 4.76. The summed E-state index contributed by atoms with van der Waals surface area (Å²) in [6.07, 6.45) is 2.23. The zero-order valence-electron chi connectivity index (χ0n) is 10.4. The molecule has 1 aromatic heterocycles. The number of rotatable bonds is 4. The standard InChI is InChI=1S/C12H15FN2O3/c1-7(2)10(12(17)18-3)15-11(16)8-4-9(13)6-14-5-8/h4-7,10H,1-3H3,(H,15,16). The molecule has 0 radical (unpaired) electrons. The predicted molar refractivity (Wildman–Crippen MR) is 62.3 cm³/mol. The average Bonchev–Trinajstić information content (AvgIpc) is 2.34. The number of carbonyl (C=O) groups is 2. The van der Waals surface area contributed by atoms with Crippen molar-refractivity contribution >= 4 is 11.9 Å². The van der Waals surface area contributed by atoms with Crippen LogP contribution < -0.4 is 5.32 Å². The lowest BCUT2D eigenvalue weighted by atomic mass is 10.0. The Hall–Kier alpha value is -1.98. The maximum Gasteiger partial charge on any atom is 0.328 e. The van der Waals surface area contributed by atoms with E-state index in [4.69, 9.17) is 0 Å². The highest BCUT2D eigenvalue weighted by Crippen LogP contribution is 2.06. The van der Waals surface area contributed by atoms with Crippen LogP contribution in [0.5, 0.6) is 0 Å². The van der Waals surface area contributed by atoms with Crippen molar-refractivity contribution in [2.75, 3.05) is 7.11 Å². The molecule has 0 saturated carbocycles. The number of halogens is 1. The van der Waals surface area contributed by atoms with Crippen molar-refractivity contribution in [1.82, 2.24) is 10.3 Å². The molecule has 1 atom stereocenters. The first kappa shape index (κ1) is 14.1. The van der Waals surface area contributed by atoms with Gasteiger partial charge in [-0.25, -0.2) is 9.18 Å². The van der Waals surface area contributed by atoms with E-state index in [2.05, 4.69) is 15.0 Å². The van der Waals surface area contributed by atoms with Crippen LogP contribution in [0.15, 0.2) is 18.5 Å². The van der Waals surface area contributed by atoms with Gasteiger partial charge in [0.1, 0.15) is 11.9 Å². The molecule has 0 bridgehead atoms. The van der Waals surface area contributed by atoms with E-state index in [0.29, 0.717) is 0 Å². The molecule has 18 heavy (non-hydrogen) atoms. The van der Waals surface area contributed by atoms with Crippen LogP contribution >= 0.6 is 0 Å². The highest BCUT2D eigenvalue weighted by molar-refractivity contribution is 5.96. The summed E-state index contributed by atoms with van der Waals surface area (Å²) in [6.45, 7) is 3.54. The fourth-order valence-electron chi connectivity index (χ4n) is 1.39. The molecule has 1 unspecified atom stereocenters. The van der Waals surface area contributed by atoms with Gasteiger partial charge >= 0.3 is 5.97 Å². The summed E-state index contributed by atoms with van der Waals surface area (Å²) in [5.74, 6) is -1.85. The number of ether oxygens (including phenoxy) is 1. The van der Waals surface area contributed by atoms with Gasteiger partial charge in [0.2, 0.25) is 0 Å². The van der Waals surface area contributed by atoms with E-state index < -0.39 is 23.7 Å². The summed E-state index contributed by atoms with van der Waals surface area (Å²) < 4.78 is 17.5. The summed E-state index contributed by atoms with van der Waals surface area (Å²) >= 11 is 0. The van der Waals surface area contributed by atoms with Gasteiger partial charge in [-0.15, -0.1) is 0 Å². The van der Waals surface area contributed by atoms with E-state index in [1.807, 2.05) is 0 Å². The van der Waals surface area contributed by atoms with Gasteiger partial charge in [-0.1, -0.05) is 13.8 Å². The number of methoxy groups -OCH3 is 1. The second-order valence-corrected chi connectivity index (χ2v) is 4.11. The minimum atomic E-state index is -0.772.